The Morgan fingerprint density at radius 1 is 1.24 bits per heavy atom. The van der Waals surface area contributed by atoms with Crippen LogP contribution in [-0.4, -0.2) is 33.9 Å². The molecule has 29 heavy (non-hydrogen) atoms. The van der Waals surface area contributed by atoms with Crippen LogP contribution in [0.1, 0.15) is 32.6 Å². The number of likely N-dealkylation sites (N-methyl/N-ethyl adjacent to an activating group) is 1. The van der Waals surface area contributed by atoms with Gasteiger partial charge in [0, 0.05) is 24.9 Å². The molecular formula is C20H22N4O4S. The number of para-hydroxylation sites is 1. The smallest absolute Gasteiger partial charge is 0.280 e. The van der Waals surface area contributed by atoms with Crippen LogP contribution in [0.3, 0.4) is 0 Å². The van der Waals surface area contributed by atoms with Crippen molar-refractivity contribution in [3.8, 4) is 11.3 Å². The van der Waals surface area contributed by atoms with E-state index in [0.29, 0.717) is 46.6 Å². The van der Waals surface area contributed by atoms with E-state index in [1.165, 1.54) is 6.07 Å². The van der Waals surface area contributed by atoms with Gasteiger partial charge in [0.05, 0.1) is 16.1 Å². The molecule has 152 valence electrons. The first-order valence-corrected chi connectivity index (χ1v) is 9.69. The summed E-state index contributed by atoms with van der Waals surface area (Å²) in [7, 11) is 0. The van der Waals surface area contributed by atoms with Gasteiger partial charge in [-0.2, -0.15) is 0 Å². The van der Waals surface area contributed by atoms with Crippen LogP contribution in [0.15, 0.2) is 52.1 Å². The lowest BCUT2D eigenvalue weighted by Gasteiger charge is -2.31. The standard InChI is InChI=1S/C20H22N4O4S/c1-4-23(5-2)19(25)17-12(3)21-20(29)22-18(17)16-11-10-15(28-16)13-8-6-7-9-14(13)24(26)27/h6-11,18H,4-5H2,1-3H3,(H2,21,22,29)/t18-/m0/s1. The summed E-state index contributed by atoms with van der Waals surface area (Å²) in [4.78, 5) is 25.7. The Labute approximate surface area is 173 Å². The highest BCUT2D eigenvalue weighted by Gasteiger charge is 2.34. The Hall–Kier alpha value is -3.20. The molecule has 3 rings (SSSR count). The summed E-state index contributed by atoms with van der Waals surface area (Å²) in [5.74, 6) is 0.686. The molecule has 1 aromatic heterocycles. The summed E-state index contributed by atoms with van der Waals surface area (Å²) >= 11 is 5.26. The number of allylic oxidation sites excluding steroid dienone is 1. The van der Waals surface area contributed by atoms with Gasteiger partial charge in [-0.15, -0.1) is 0 Å². The van der Waals surface area contributed by atoms with Gasteiger partial charge in [0.25, 0.3) is 11.6 Å². The molecule has 0 unspecified atom stereocenters. The van der Waals surface area contributed by atoms with Crippen molar-refractivity contribution >= 4 is 28.9 Å². The second-order valence-corrected chi connectivity index (χ2v) is 6.93. The van der Waals surface area contributed by atoms with E-state index in [1.54, 1.807) is 42.2 Å². The maximum atomic E-state index is 13.1. The second-order valence-electron chi connectivity index (χ2n) is 6.52. The first kappa shape index (κ1) is 20.5. The van der Waals surface area contributed by atoms with Crippen LogP contribution in [0, 0.1) is 10.1 Å². The summed E-state index contributed by atoms with van der Waals surface area (Å²) in [6.07, 6.45) is 0. The molecule has 2 aromatic rings. The minimum absolute atomic E-state index is 0.0478. The van der Waals surface area contributed by atoms with Gasteiger partial charge < -0.3 is 20.0 Å². The number of rotatable bonds is 6. The molecular weight excluding hydrogens is 392 g/mol. The molecule has 9 heteroatoms. The van der Waals surface area contributed by atoms with Gasteiger partial charge in [0.2, 0.25) is 0 Å². The number of thiocarbonyl (C=S) groups is 1. The van der Waals surface area contributed by atoms with Crippen molar-refractivity contribution in [2.24, 2.45) is 0 Å². The Balaban J connectivity index is 2.03. The lowest BCUT2D eigenvalue weighted by Crippen LogP contribution is -2.47. The van der Waals surface area contributed by atoms with E-state index in [2.05, 4.69) is 10.6 Å². The number of hydrogen-bond donors (Lipinski definition) is 2. The highest BCUT2D eigenvalue weighted by atomic mass is 32.1. The van der Waals surface area contributed by atoms with Crippen molar-refractivity contribution in [3.63, 3.8) is 0 Å². The van der Waals surface area contributed by atoms with Gasteiger partial charge in [0.15, 0.2) is 5.11 Å². The summed E-state index contributed by atoms with van der Waals surface area (Å²) in [5.41, 5.74) is 1.48. The average Bonchev–Trinajstić information content (AvgIpc) is 3.18. The Morgan fingerprint density at radius 2 is 1.93 bits per heavy atom. The molecule has 1 aliphatic rings. The number of nitrogens with zero attached hydrogens (tertiary/aromatic N) is 2. The molecule has 1 amide bonds. The normalized spacial score (nSPS) is 16.2. The zero-order valence-corrected chi connectivity index (χ0v) is 17.2. The predicted molar refractivity (Wildman–Crippen MR) is 113 cm³/mol. The molecule has 0 fully saturated rings. The van der Waals surface area contributed by atoms with Crippen molar-refractivity contribution in [1.82, 2.24) is 15.5 Å². The first-order chi connectivity index (χ1) is 13.9. The van der Waals surface area contributed by atoms with Crippen LogP contribution in [0.5, 0.6) is 0 Å². The largest absolute Gasteiger partial charge is 0.458 e. The topological polar surface area (TPSA) is 101 Å². The number of hydrogen-bond acceptors (Lipinski definition) is 5. The number of nitro groups is 1. The summed E-state index contributed by atoms with van der Waals surface area (Å²) < 4.78 is 5.96. The van der Waals surface area contributed by atoms with Crippen molar-refractivity contribution < 1.29 is 14.1 Å². The van der Waals surface area contributed by atoms with Crippen LogP contribution in [0.4, 0.5) is 5.69 Å². The van der Waals surface area contributed by atoms with Crippen molar-refractivity contribution in [2.45, 2.75) is 26.8 Å². The molecule has 2 heterocycles. The van der Waals surface area contributed by atoms with Gasteiger partial charge in [0.1, 0.15) is 17.6 Å². The fourth-order valence-electron chi connectivity index (χ4n) is 3.37. The highest BCUT2D eigenvalue weighted by Crippen LogP contribution is 2.35. The molecule has 8 nitrogen and oxygen atoms in total. The van der Waals surface area contributed by atoms with E-state index < -0.39 is 11.0 Å². The number of carbonyl (C=O) groups is 1. The van der Waals surface area contributed by atoms with Crippen LogP contribution < -0.4 is 10.6 Å². The number of nitro benzene ring substituents is 1. The molecule has 0 saturated carbocycles. The van der Waals surface area contributed by atoms with E-state index >= 15 is 0 Å². The minimum Gasteiger partial charge on any atom is -0.458 e. The number of furan rings is 1. The van der Waals surface area contributed by atoms with Crippen molar-refractivity contribution in [3.05, 3.63) is 63.5 Å². The summed E-state index contributed by atoms with van der Waals surface area (Å²) in [6, 6.07) is 9.15. The number of carbonyl (C=O) groups excluding carboxylic acids is 1. The molecule has 0 aliphatic carbocycles. The maximum absolute atomic E-state index is 13.1. The summed E-state index contributed by atoms with van der Waals surface area (Å²) in [6.45, 7) is 6.77. The van der Waals surface area contributed by atoms with Crippen LogP contribution in [0.25, 0.3) is 11.3 Å². The van der Waals surface area contributed by atoms with E-state index in [1.807, 2.05) is 13.8 Å². The van der Waals surface area contributed by atoms with Gasteiger partial charge in [-0.05, 0) is 51.2 Å². The van der Waals surface area contributed by atoms with E-state index in [0.717, 1.165) is 0 Å². The van der Waals surface area contributed by atoms with Crippen LogP contribution >= 0.6 is 12.2 Å². The zero-order chi connectivity index (χ0) is 21.1. The van der Waals surface area contributed by atoms with Gasteiger partial charge in [-0.1, -0.05) is 12.1 Å². The first-order valence-electron chi connectivity index (χ1n) is 9.28. The zero-order valence-electron chi connectivity index (χ0n) is 16.4. The predicted octanol–water partition coefficient (Wildman–Crippen LogP) is 3.52. The van der Waals surface area contributed by atoms with E-state index in [4.69, 9.17) is 16.6 Å². The Bertz CT molecular complexity index is 994. The summed E-state index contributed by atoms with van der Waals surface area (Å²) in [5, 5.41) is 17.8. The molecule has 0 saturated heterocycles. The van der Waals surface area contributed by atoms with E-state index in [-0.39, 0.29) is 11.6 Å². The van der Waals surface area contributed by atoms with Crippen molar-refractivity contribution in [1.29, 1.82) is 0 Å². The third-order valence-corrected chi connectivity index (χ3v) is 5.05. The Kier molecular flexibility index (Phi) is 5.97. The molecule has 0 bridgehead atoms. The number of amides is 1. The molecule has 0 radical (unpaired) electrons. The number of nitrogens with one attached hydrogen (secondary N) is 2. The van der Waals surface area contributed by atoms with Gasteiger partial charge in [-0.3, -0.25) is 14.9 Å². The second kappa shape index (κ2) is 8.44. The molecule has 2 N–H and O–H groups in total. The fraction of sp³-hybridized carbons (Fsp3) is 0.300. The lowest BCUT2D eigenvalue weighted by molar-refractivity contribution is -0.384. The Morgan fingerprint density at radius 3 is 2.59 bits per heavy atom. The van der Waals surface area contributed by atoms with Crippen LogP contribution in [0.2, 0.25) is 0 Å². The fourth-order valence-corrected chi connectivity index (χ4v) is 3.64. The van der Waals surface area contributed by atoms with E-state index in [9.17, 15) is 14.9 Å². The lowest BCUT2D eigenvalue weighted by atomic mass is 9.99. The van der Waals surface area contributed by atoms with Gasteiger partial charge in [-0.25, -0.2) is 0 Å². The van der Waals surface area contributed by atoms with Gasteiger partial charge >= 0.3 is 0 Å². The molecule has 1 atom stereocenters. The van der Waals surface area contributed by atoms with Crippen LogP contribution in [-0.2, 0) is 4.79 Å². The monoisotopic (exact) mass is 414 g/mol. The molecule has 1 aromatic carbocycles. The maximum Gasteiger partial charge on any atom is 0.280 e. The number of benzene rings is 1. The minimum atomic E-state index is -0.589. The average molecular weight is 414 g/mol. The van der Waals surface area contributed by atoms with Crippen molar-refractivity contribution in [2.75, 3.05) is 13.1 Å². The SMILES string of the molecule is CCN(CC)C(=O)C1=C(C)NC(=S)N[C@H]1c1ccc(-c2ccccc2[N+](=O)[O-])o1. The quantitative estimate of drug-likeness (QED) is 0.424. The highest BCUT2D eigenvalue weighted by molar-refractivity contribution is 7.80. The molecule has 0 spiro atoms. The molecule has 1 aliphatic heterocycles. The third-order valence-electron chi connectivity index (χ3n) is 4.83. The third kappa shape index (κ3) is 4.00.